The summed E-state index contributed by atoms with van der Waals surface area (Å²) < 4.78 is 10.3. The van der Waals surface area contributed by atoms with Crippen LogP contribution >= 0.6 is 0 Å². The summed E-state index contributed by atoms with van der Waals surface area (Å²) in [6.07, 6.45) is 0. The molecule has 1 aromatic carbocycles. The number of carbonyl (C=O) groups excluding carboxylic acids is 1. The second kappa shape index (κ2) is 6.25. The third-order valence-electron chi connectivity index (χ3n) is 3.79. The number of nitro benzene ring substituents is 1. The van der Waals surface area contributed by atoms with Crippen LogP contribution in [0.25, 0.3) is 10.9 Å². The van der Waals surface area contributed by atoms with Crippen molar-refractivity contribution in [2.24, 2.45) is 0 Å². The van der Waals surface area contributed by atoms with E-state index in [4.69, 9.17) is 9.47 Å². The van der Waals surface area contributed by atoms with E-state index in [0.29, 0.717) is 37.2 Å². The van der Waals surface area contributed by atoms with Crippen molar-refractivity contribution >= 4 is 28.2 Å². The number of carbonyl (C=O) groups is 1. The maximum Gasteiger partial charge on any atom is 0.354 e. The molecule has 23 heavy (non-hydrogen) atoms. The molecule has 0 atom stereocenters. The van der Waals surface area contributed by atoms with Gasteiger partial charge in [-0.15, -0.1) is 0 Å². The van der Waals surface area contributed by atoms with Crippen LogP contribution in [-0.4, -0.2) is 48.8 Å². The minimum atomic E-state index is -0.522. The van der Waals surface area contributed by atoms with Crippen molar-refractivity contribution in [3.05, 3.63) is 34.0 Å². The van der Waals surface area contributed by atoms with Crippen LogP contribution in [0, 0.1) is 10.1 Å². The fourth-order valence-electron chi connectivity index (χ4n) is 2.74. The van der Waals surface area contributed by atoms with Crippen LogP contribution in [-0.2, 0) is 9.47 Å². The molecule has 0 aliphatic carbocycles. The Balaban J connectivity index is 2.12. The van der Waals surface area contributed by atoms with Gasteiger partial charge in [0.15, 0.2) is 0 Å². The molecule has 8 heteroatoms. The first-order valence-corrected chi connectivity index (χ1v) is 7.41. The van der Waals surface area contributed by atoms with Gasteiger partial charge in [-0.1, -0.05) is 0 Å². The zero-order valence-electron chi connectivity index (χ0n) is 12.7. The second-order valence-electron chi connectivity index (χ2n) is 5.15. The number of hydrogen-bond acceptors (Lipinski definition) is 6. The molecule has 0 bridgehead atoms. The molecule has 0 spiro atoms. The molecule has 1 aliphatic rings. The summed E-state index contributed by atoms with van der Waals surface area (Å²) >= 11 is 0. The van der Waals surface area contributed by atoms with E-state index in [0.717, 1.165) is 5.69 Å². The molecule has 122 valence electrons. The van der Waals surface area contributed by atoms with Crippen LogP contribution < -0.4 is 4.90 Å². The average Bonchev–Trinajstić information content (AvgIpc) is 3.00. The highest BCUT2D eigenvalue weighted by molar-refractivity contribution is 6.03. The van der Waals surface area contributed by atoms with Gasteiger partial charge in [-0.2, -0.15) is 0 Å². The fraction of sp³-hybridized carbons (Fsp3) is 0.400. The Morgan fingerprint density at radius 1 is 1.43 bits per heavy atom. The molecule has 0 radical (unpaired) electrons. The number of hydrogen-bond donors (Lipinski definition) is 1. The van der Waals surface area contributed by atoms with Crippen molar-refractivity contribution in [3.63, 3.8) is 0 Å². The number of H-pyrrole nitrogens is 1. The Morgan fingerprint density at radius 3 is 2.83 bits per heavy atom. The van der Waals surface area contributed by atoms with Crippen LogP contribution in [0.4, 0.5) is 11.4 Å². The normalized spacial score (nSPS) is 14.9. The molecule has 1 saturated heterocycles. The van der Waals surface area contributed by atoms with Crippen LogP contribution in [0.2, 0.25) is 0 Å². The van der Waals surface area contributed by atoms with Crippen molar-refractivity contribution in [1.82, 2.24) is 4.98 Å². The van der Waals surface area contributed by atoms with Gasteiger partial charge in [-0.3, -0.25) is 10.1 Å². The number of rotatable bonds is 4. The molecule has 3 rings (SSSR count). The predicted molar refractivity (Wildman–Crippen MR) is 83.9 cm³/mol. The van der Waals surface area contributed by atoms with Crippen molar-refractivity contribution in [2.45, 2.75) is 6.92 Å². The van der Waals surface area contributed by atoms with Crippen molar-refractivity contribution in [1.29, 1.82) is 0 Å². The minimum absolute atomic E-state index is 0.0624. The summed E-state index contributed by atoms with van der Waals surface area (Å²) in [7, 11) is 0. The number of ether oxygens (including phenoxy) is 2. The highest BCUT2D eigenvalue weighted by Gasteiger charge is 2.23. The number of nitrogens with zero attached hydrogens (tertiary/aromatic N) is 2. The van der Waals surface area contributed by atoms with E-state index in [1.54, 1.807) is 19.1 Å². The second-order valence-corrected chi connectivity index (χ2v) is 5.15. The van der Waals surface area contributed by atoms with Crippen molar-refractivity contribution < 1.29 is 19.2 Å². The number of aromatic amines is 1. The zero-order valence-corrected chi connectivity index (χ0v) is 12.7. The van der Waals surface area contributed by atoms with E-state index in [2.05, 4.69) is 9.88 Å². The van der Waals surface area contributed by atoms with Gasteiger partial charge in [0.1, 0.15) is 11.2 Å². The molecule has 2 heterocycles. The first kappa shape index (κ1) is 15.3. The van der Waals surface area contributed by atoms with E-state index < -0.39 is 10.9 Å². The lowest BCUT2D eigenvalue weighted by Crippen LogP contribution is -2.36. The van der Waals surface area contributed by atoms with Gasteiger partial charge in [-0.05, 0) is 19.1 Å². The van der Waals surface area contributed by atoms with Gasteiger partial charge < -0.3 is 19.4 Å². The van der Waals surface area contributed by atoms with E-state index >= 15 is 0 Å². The highest BCUT2D eigenvalue weighted by Crippen LogP contribution is 2.34. The SMILES string of the molecule is CCOC(=O)c1cc2c(N3CCOCC3)ccc([N+](=O)[O-])c2[nH]1. The number of benzene rings is 1. The lowest BCUT2D eigenvalue weighted by atomic mass is 10.1. The van der Waals surface area contributed by atoms with Gasteiger partial charge in [0.2, 0.25) is 0 Å². The number of non-ortho nitro benzene ring substituents is 1. The molecule has 1 fully saturated rings. The molecule has 8 nitrogen and oxygen atoms in total. The van der Waals surface area contributed by atoms with E-state index in [1.165, 1.54) is 6.07 Å². The molecule has 1 N–H and O–H groups in total. The summed E-state index contributed by atoms with van der Waals surface area (Å²) in [5.41, 5.74) is 1.33. The first-order valence-electron chi connectivity index (χ1n) is 7.41. The minimum Gasteiger partial charge on any atom is -0.461 e. The Morgan fingerprint density at radius 2 is 2.17 bits per heavy atom. The fourth-order valence-corrected chi connectivity index (χ4v) is 2.74. The smallest absolute Gasteiger partial charge is 0.354 e. The third kappa shape index (κ3) is 2.85. The summed E-state index contributed by atoms with van der Waals surface area (Å²) in [4.78, 5) is 27.6. The van der Waals surface area contributed by atoms with E-state index in [1.807, 2.05) is 0 Å². The Kier molecular flexibility index (Phi) is 4.16. The Hall–Kier alpha value is -2.61. The molecule has 0 amide bonds. The number of anilines is 1. The standard InChI is InChI=1S/C15H17N3O5/c1-2-23-15(19)11-9-10-12(17-5-7-22-8-6-17)3-4-13(18(20)21)14(10)16-11/h3-4,9,16H,2,5-8H2,1H3. The van der Waals surface area contributed by atoms with Gasteiger partial charge in [-0.25, -0.2) is 4.79 Å². The summed E-state index contributed by atoms with van der Waals surface area (Å²) in [6.45, 7) is 4.57. The lowest BCUT2D eigenvalue weighted by molar-refractivity contribution is -0.383. The predicted octanol–water partition coefficient (Wildman–Crippen LogP) is 2.09. The topological polar surface area (TPSA) is 97.7 Å². The van der Waals surface area contributed by atoms with Crippen LogP contribution in [0.1, 0.15) is 17.4 Å². The largest absolute Gasteiger partial charge is 0.461 e. The Bertz CT molecular complexity index is 749. The number of morpholine rings is 1. The molecule has 1 aromatic heterocycles. The number of nitro groups is 1. The quantitative estimate of drug-likeness (QED) is 0.526. The molecule has 2 aromatic rings. The van der Waals surface area contributed by atoms with Gasteiger partial charge >= 0.3 is 5.97 Å². The lowest BCUT2D eigenvalue weighted by Gasteiger charge is -2.29. The summed E-state index contributed by atoms with van der Waals surface area (Å²) in [5, 5.41) is 11.9. The maximum atomic E-state index is 11.9. The van der Waals surface area contributed by atoms with E-state index in [-0.39, 0.29) is 18.0 Å². The average molecular weight is 319 g/mol. The summed E-state index contributed by atoms with van der Waals surface area (Å²) in [5.74, 6) is -0.522. The third-order valence-corrected chi connectivity index (χ3v) is 3.79. The molecule has 0 saturated carbocycles. The monoisotopic (exact) mass is 319 g/mol. The van der Waals surface area contributed by atoms with Crippen molar-refractivity contribution in [2.75, 3.05) is 37.8 Å². The number of fused-ring (bicyclic) bond motifs is 1. The maximum absolute atomic E-state index is 11.9. The molecule has 1 aliphatic heterocycles. The number of esters is 1. The summed E-state index contributed by atoms with van der Waals surface area (Å²) in [6, 6.07) is 4.79. The zero-order chi connectivity index (χ0) is 16.4. The number of nitrogens with one attached hydrogen (secondary N) is 1. The highest BCUT2D eigenvalue weighted by atomic mass is 16.6. The van der Waals surface area contributed by atoms with Crippen LogP contribution in [0.3, 0.4) is 0 Å². The molecular weight excluding hydrogens is 302 g/mol. The van der Waals surface area contributed by atoms with Gasteiger partial charge in [0, 0.05) is 30.2 Å². The van der Waals surface area contributed by atoms with Gasteiger partial charge in [0.25, 0.3) is 5.69 Å². The molecular formula is C15H17N3O5. The number of aromatic nitrogens is 1. The van der Waals surface area contributed by atoms with E-state index in [9.17, 15) is 14.9 Å². The van der Waals surface area contributed by atoms with Gasteiger partial charge in [0.05, 0.1) is 24.7 Å². The molecule has 0 unspecified atom stereocenters. The van der Waals surface area contributed by atoms with Crippen LogP contribution in [0.5, 0.6) is 0 Å². The van der Waals surface area contributed by atoms with Crippen LogP contribution in [0.15, 0.2) is 18.2 Å². The Labute approximate surface area is 132 Å². The van der Waals surface area contributed by atoms with Crippen molar-refractivity contribution in [3.8, 4) is 0 Å². The first-order chi connectivity index (χ1) is 11.1.